The lowest BCUT2D eigenvalue weighted by atomic mass is 9.90. The number of likely N-dealkylation sites (tertiary alicyclic amines) is 1. The number of carbonyl (C=O) groups excluding carboxylic acids is 1. The predicted molar refractivity (Wildman–Crippen MR) is 83.2 cm³/mol. The molecule has 2 aromatic rings. The molecule has 0 aromatic carbocycles. The van der Waals surface area contributed by atoms with E-state index in [0.717, 1.165) is 17.7 Å². The van der Waals surface area contributed by atoms with E-state index in [1.165, 1.54) is 7.11 Å². The maximum absolute atomic E-state index is 12.4. The van der Waals surface area contributed by atoms with Crippen LogP contribution in [0.15, 0.2) is 34.1 Å². The second-order valence-electron chi connectivity index (χ2n) is 5.41. The Morgan fingerprint density at radius 2 is 2.18 bits per heavy atom. The first kappa shape index (κ1) is 15.1. The Bertz CT molecular complexity index is 614. The molecule has 0 unspecified atom stereocenters. The minimum Gasteiger partial charge on any atom is -0.468 e. The van der Waals surface area contributed by atoms with Crippen LogP contribution in [0.25, 0.3) is 0 Å². The predicted octanol–water partition coefficient (Wildman–Crippen LogP) is 2.94. The van der Waals surface area contributed by atoms with Gasteiger partial charge < -0.3 is 19.2 Å². The standard InChI is InChI=1S/C16H19NO4S/c1-20-14-5-4-12(21-14)16(19)17-8-6-11(7-9-17)15(18)13-3-2-10-22-13/h2-5,10-11,15,18H,6-9H2,1H3/t15-/m1/s1. The number of hydrogen-bond acceptors (Lipinski definition) is 5. The van der Waals surface area contributed by atoms with Crippen LogP contribution in [0.2, 0.25) is 0 Å². The number of amides is 1. The molecule has 0 spiro atoms. The van der Waals surface area contributed by atoms with Crippen LogP contribution >= 0.6 is 11.3 Å². The lowest BCUT2D eigenvalue weighted by molar-refractivity contribution is 0.0450. The van der Waals surface area contributed by atoms with E-state index in [-0.39, 0.29) is 11.8 Å². The van der Waals surface area contributed by atoms with E-state index in [9.17, 15) is 9.90 Å². The van der Waals surface area contributed by atoms with Crippen LogP contribution in [0.1, 0.15) is 34.4 Å². The Labute approximate surface area is 133 Å². The Morgan fingerprint density at radius 1 is 1.41 bits per heavy atom. The molecule has 1 fully saturated rings. The number of aliphatic hydroxyl groups excluding tert-OH is 1. The zero-order valence-corrected chi connectivity index (χ0v) is 13.2. The van der Waals surface area contributed by atoms with Gasteiger partial charge in [0.25, 0.3) is 11.9 Å². The zero-order valence-electron chi connectivity index (χ0n) is 12.4. The second-order valence-corrected chi connectivity index (χ2v) is 6.39. The minimum atomic E-state index is -0.430. The van der Waals surface area contributed by atoms with Crippen LogP contribution in [0.5, 0.6) is 5.95 Å². The highest BCUT2D eigenvalue weighted by molar-refractivity contribution is 7.10. The molecule has 1 aliphatic rings. The van der Waals surface area contributed by atoms with Crippen LogP contribution in [0, 0.1) is 5.92 Å². The molecule has 0 bridgehead atoms. The molecule has 1 atom stereocenters. The monoisotopic (exact) mass is 321 g/mol. The highest BCUT2D eigenvalue weighted by Crippen LogP contribution is 2.33. The largest absolute Gasteiger partial charge is 0.468 e. The minimum absolute atomic E-state index is 0.118. The number of furan rings is 1. The fraction of sp³-hybridized carbons (Fsp3) is 0.438. The summed E-state index contributed by atoms with van der Waals surface area (Å²) in [5, 5.41) is 12.4. The molecule has 1 saturated heterocycles. The molecule has 2 aromatic heterocycles. The maximum atomic E-state index is 12.4. The van der Waals surface area contributed by atoms with E-state index < -0.39 is 6.10 Å². The molecule has 0 aliphatic carbocycles. The van der Waals surface area contributed by atoms with Crippen molar-refractivity contribution in [1.29, 1.82) is 0 Å². The van der Waals surface area contributed by atoms with E-state index in [1.54, 1.807) is 28.4 Å². The number of piperidine rings is 1. The molecule has 0 saturated carbocycles. The fourth-order valence-corrected chi connectivity index (χ4v) is 3.61. The first-order chi connectivity index (χ1) is 10.7. The van der Waals surface area contributed by atoms with Gasteiger partial charge in [-0.15, -0.1) is 11.3 Å². The number of ether oxygens (including phenoxy) is 1. The van der Waals surface area contributed by atoms with Crippen molar-refractivity contribution in [2.24, 2.45) is 5.92 Å². The van der Waals surface area contributed by atoms with Gasteiger partial charge in [-0.3, -0.25) is 4.79 Å². The highest BCUT2D eigenvalue weighted by atomic mass is 32.1. The average Bonchev–Trinajstić information content (AvgIpc) is 3.25. The summed E-state index contributed by atoms with van der Waals surface area (Å²) < 4.78 is 10.3. The number of rotatable bonds is 4. The summed E-state index contributed by atoms with van der Waals surface area (Å²) in [7, 11) is 1.50. The van der Waals surface area contributed by atoms with Gasteiger partial charge in [-0.1, -0.05) is 6.07 Å². The summed E-state index contributed by atoms with van der Waals surface area (Å²) in [6.07, 6.45) is 1.16. The van der Waals surface area contributed by atoms with Crippen LogP contribution in [-0.2, 0) is 0 Å². The smallest absolute Gasteiger partial charge is 0.289 e. The third-order valence-corrected chi connectivity index (χ3v) is 5.04. The van der Waals surface area contributed by atoms with Crippen molar-refractivity contribution < 1.29 is 19.1 Å². The quantitative estimate of drug-likeness (QED) is 0.940. The van der Waals surface area contributed by atoms with Crippen molar-refractivity contribution in [3.63, 3.8) is 0 Å². The molecular weight excluding hydrogens is 302 g/mol. The average molecular weight is 321 g/mol. The van der Waals surface area contributed by atoms with Gasteiger partial charge in [0.1, 0.15) is 0 Å². The molecule has 22 heavy (non-hydrogen) atoms. The van der Waals surface area contributed by atoms with Gasteiger partial charge in [0.15, 0.2) is 5.76 Å². The number of methoxy groups -OCH3 is 1. The van der Waals surface area contributed by atoms with E-state index in [0.29, 0.717) is 24.8 Å². The van der Waals surface area contributed by atoms with Crippen molar-refractivity contribution in [3.8, 4) is 5.95 Å². The van der Waals surface area contributed by atoms with Crippen LogP contribution < -0.4 is 4.74 Å². The van der Waals surface area contributed by atoms with Crippen molar-refractivity contribution in [1.82, 2.24) is 4.90 Å². The van der Waals surface area contributed by atoms with Gasteiger partial charge >= 0.3 is 0 Å². The second kappa shape index (κ2) is 6.54. The van der Waals surface area contributed by atoms with Crippen molar-refractivity contribution in [2.45, 2.75) is 18.9 Å². The van der Waals surface area contributed by atoms with Gasteiger partial charge in [0.2, 0.25) is 0 Å². The molecule has 1 amide bonds. The SMILES string of the molecule is COc1ccc(C(=O)N2CCC([C@@H](O)c3cccs3)CC2)o1. The number of carbonyl (C=O) groups is 1. The zero-order chi connectivity index (χ0) is 15.5. The first-order valence-corrected chi connectivity index (χ1v) is 8.21. The van der Waals surface area contributed by atoms with Crippen LogP contribution in [0.4, 0.5) is 0 Å². The molecule has 1 N–H and O–H groups in total. The van der Waals surface area contributed by atoms with Gasteiger partial charge in [0.05, 0.1) is 13.2 Å². The Hall–Kier alpha value is -1.79. The summed E-state index contributed by atoms with van der Waals surface area (Å²) in [6, 6.07) is 7.18. The lowest BCUT2D eigenvalue weighted by Gasteiger charge is -2.33. The summed E-state index contributed by atoms with van der Waals surface area (Å²) >= 11 is 1.57. The molecule has 6 heteroatoms. The van der Waals surface area contributed by atoms with E-state index in [2.05, 4.69) is 0 Å². The number of aliphatic hydroxyl groups is 1. The molecule has 3 rings (SSSR count). The molecule has 3 heterocycles. The van der Waals surface area contributed by atoms with Gasteiger partial charge in [-0.25, -0.2) is 0 Å². The van der Waals surface area contributed by atoms with Gasteiger partial charge in [0, 0.05) is 24.0 Å². The Balaban J connectivity index is 1.58. The number of hydrogen-bond donors (Lipinski definition) is 1. The molecule has 5 nitrogen and oxygen atoms in total. The summed E-state index contributed by atoms with van der Waals surface area (Å²) in [6.45, 7) is 1.27. The first-order valence-electron chi connectivity index (χ1n) is 7.33. The summed E-state index contributed by atoms with van der Waals surface area (Å²) in [4.78, 5) is 15.1. The Kier molecular flexibility index (Phi) is 4.49. The third kappa shape index (κ3) is 3.03. The number of thiophene rings is 1. The van der Waals surface area contributed by atoms with Gasteiger partial charge in [-0.05, 0) is 36.3 Å². The summed E-state index contributed by atoms with van der Waals surface area (Å²) in [5.74, 6) is 0.724. The van der Waals surface area contributed by atoms with E-state index in [1.807, 2.05) is 17.5 Å². The Morgan fingerprint density at radius 3 is 2.77 bits per heavy atom. The fourth-order valence-electron chi connectivity index (χ4n) is 2.81. The maximum Gasteiger partial charge on any atom is 0.289 e. The normalized spacial score (nSPS) is 17.5. The van der Waals surface area contributed by atoms with E-state index >= 15 is 0 Å². The molecule has 0 radical (unpaired) electrons. The third-order valence-electron chi connectivity index (χ3n) is 4.10. The van der Waals surface area contributed by atoms with Crippen molar-refractivity contribution in [2.75, 3.05) is 20.2 Å². The van der Waals surface area contributed by atoms with Crippen molar-refractivity contribution >= 4 is 17.2 Å². The molecular formula is C16H19NO4S. The van der Waals surface area contributed by atoms with Crippen LogP contribution in [-0.4, -0.2) is 36.1 Å². The highest BCUT2D eigenvalue weighted by Gasteiger charge is 2.30. The molecule has 1 aliphatic heterocycles. The summed E-state index contributed by atoms with van der Waals surface area (Å²) in [5.41, 5.74) is 0. The lowest BCUT2D eigenvalue weighted by Crippen LogP contribution is -2.39. The van der Waals surface area contributed by atoms with E-state index in [4.69, 9.17) is 9.15 Å². The van der Waals surface area contributed by atoms with Gasteiger partial charge in [-0.2, -0.15) is 0 Å². The van der Waals surface area contributed by atoms with Crippen LogP contribution in [0.3, 0.4) is 0 Å². The van der Waals surface area contributed by atoms with Crippen molar-refractivity contribution in [3.05, 3.63) is 40.3 Å². The molecule has 118 valence electrons. The topological polar surface area (TPSA) is 62.9 Å². The number of nitrogens with zero attached hydrogens (tertiary/aromatic N) is 1.